The fourth-order valence-corrected chi connectivity index (χ4v) is 1.49. The van der Waals surface area contributed by atoms with E-state index < -0.39 is 0 Å². The second-order valence-electron chi connectivity index (χ2n) is 3.10. The van der Waals surface area contributed by atoms with Gasteiger partial charge in [0.2, 0.25) is 0 Å². The molecule has 0 bridgehead atoms. The Balaban J connectivity index is 3.25. The molecule has 0 aliphatic heterocycles. The maximum absolute atomic E-state index is 8.64. The Bertz CT molecular complexity index is 437. The molecule has 0 aromatic heterocycles. The van der Waals surface area contributed by atoms with Gasteiger partial charge in [0.05, 0.1) is 11.4 Å². The van der Waals surface area contributed by atoms with Crippen LogP contribution in [0.3, 0.4) is 0 Å². The number of hydrogen-bond acceptors (Lipinski definition) is 4. The fraction of sp³-hybridized carbons (Fsp3) is 0.273. The fourth-order valence-electron chi connectivity index (χ4n) is 1.49. The normalized spacial score (nSPS) is 8.80. The predicted molar refractivity (Wildman–Crippen MR) is 59.0 cm³/mol. The highest BCUT2D eigenvalue weighted by Crippen LogP contribution is 2.27. The molecule has 0 aliphatic carbocycles. The topological polar surface area (TPSA) is 71.6 Å². The second kappa shape index (κ2) is 4.88. The van der Waals surface area contributed by atoms with E-state index >= 15 is 0 Å². The number of hydrogen-bond donors (Lipinski definition) is 2. The molecule has 1 rings (SSSR count). The number of nitrogens with zero attached hydrogens (tertiary/aromatic N) is 2. The number of anilines is 2. The van der Waals surface area contributed by atoms with Gasteiger partial charge in [-0.25, -0.2) is 0 Å². The minimum absolute atomic E-state index is 0.729. The zero-order chi connectivity index (χ0) is 11.3. The van der Waals surface area contributed by atoms with Crippen LogP contribution in [0.5, 0.6) is 0 Å². The summed E-state index contributed by atoms with van der Waals surface area (Å²) in [5.41, 5.74) is 3.47. The van der Waals surface area contributed by atoms with Gasteiger partial charge < -0.3 is 0 Å². The van der Waals surface area contributed by atoms with Crippen LogP contribution in [0, 0.1) is 29.8 Å². The highest BCUT2D eigenvalue weighted by atomic mass is 14.9. The van der Waals surface area contributed by atoms with Crippen LogP contribution in [-0.2, 0) is 6.42 Å². The molecule has 4 nitrogen and oxygen atoms in total. The second-order valence-corrected chi connectivity index (χ2v) is 3.10. The lowest BCUT2D eigenvalue weighted by Crippen LogP contribution is -2.00. The van der Waals surface area contributed by atoms with Crippen molar-refractivity contribution in [2.75, 3.05) is 10.6 Å². The molecule has 0 heterocycles. The summed E-state index contributed by atoms with van der Waals surface area (Å²) in [6.07, 6.45) is 4.62. The molecule has 1 aromatic carbocycles. The molecule has 0 aliphatic rings. The average molecular weight is 200 g/mol. The number of aryl methyl sites for hydroxylation is 1. The van der Waals surface area contributed by atoms with Gasteiger partial charge in [0.1, 0.15) is 0 Å². The van der Waals surface area contributed by atoms with Crippen LogP contribution in [-0.4, -0.2) is 0 Å². The standard InChI is InChI=1S/C11H12N4/c1-3-9-4-5-10(14-6-12)8(2)11(9)15-7-13/h4-5,14-15H,3H2,1-2H3. The summed E-state index contributed by atoms with van der Waals surface area (Å²) in [4.78, 5) is 0. The Labute approximate surface area is 89.1 Å². The molecule has 1 aromatic rings. The zero-order valence-electron chi connectivity index (χ0n) is 8.76. The Morgan fingerprint density at radius 1 is 1.20 bits per heavy atom. The van der Waals surface area contributed by atoms with Crippen molar-refractivity contribution in [2.45, 2.75) is 20.3 Å². The van der Waals surface area contributed by atoms with E-state index in [4.69, 9.17) is 10.5 Å². The Kier molecular flexibility index (Phi) is 3.54. The van der Waals surface area contributed by atoms with Crippen LogP contribution < -0.4 is 10.6 Å². The lowest BCUT2D eigenvalue weighted by molar-refractivity contribution is 1.13. The van der Waals surface area contributed by atoms with E-state index in [1.54, 1.807) is 0 Å². The maximum Gasteiger partial charge on any atom is 0.181 e. The van der Waals surface area contributed by atoms with E-state index in [2.05, 4.69) is 10.6 Å². The molecule has 0 atom stereocenters. The van der Waals surface area contributed by atoms with E-state index in [9.17, 15) is 0 Å². The maximum atomic E-state index is 8.64. The van der Waals surface area contributed by atoms with Crippen LogP contribution in [0.25, 0.3) is 0 Å². The zero-order valence-corrected chi connectivity index (χ0v) is 8.76. The van der Waals surface area contributed by atoms with Crippen molar-refractivity contribution in [1.29, 1.82) is 10.5 Å². The third-order valence-electron chi connectivity index (χ3n) is 2.30. The molecule has 0 saturated heterocycles. The highest BCUT2D eigenvalue weighted by Gasteiger charge is 2.07. The van der Waals surface area contributed by atoms with Gasteiger partial charge in [-0.3, -0.25) is 10.6 Å². The molecule has 2 N–H and O–H groups in total. The van der Waals surface area contributed by atoms with Crippen LogP contribution in [0.2, 0.25) is 0 Å². The lowest BCUT2D eigenvalue weighted by Gasteiger charge is -2.12. The van der Waals surface area contributed by atoms with E-state index in [0.717, 1.165) is 28.9 Å². The molecule has 76 valence electrons. The smallest absolute Gasteiger partial charge is 0.181 e. The molecular weight excluding hydrogens is 188 g/mol. The third kappa shape index (κ3) is 2.18. The number of rotatable bonds is 3. The van der Waals surface area contributed by atoms with Gasteiger partial charge in [0, 0.05) is 0 Å². The largest absolute Gasteiger partial charge is 0.292 e. The molecule has 0 amide bonds. The first-order valence-electron chi connectivity index (χ1n) is 4.67. The Hall–Kier alpha value is -2.20. The molecular formula is C11H12N4. The average Bonchev–Trinajstić information content (AvgIpc) is 2.25. The molecule has 0 saturated carbocycles. The van der Waals surface area contributed by atoms with E-state index in [-0.39, 0.29) is 0 Å². The quantitative estimate of drug-likeness (QED) is 0.580. The van der Waals surface area contributed by atoms with Crippen LogP contribution in [0.15, 0.2) is 12.1 Å². The SMILES string of the molecule is CCc1ccc(NC#N)c(C)c1NC#N. The first kappa shape index (κ1) is 10.9. The molecule has 0 unspecified atom stereocenters. The van der Waals surface area contributed by atoms with E-state index in [1.165, 1.54) is 0 Å². The van der Waals surface area contributed by atoms with Crippen molar-refractivity contribution in [2.24, 2.45) is 0 Å². The van der Waals surface area contributed by atoms with Crippen molar-refractivity contribution in [3.05, 3.63) is 23.3 Å². The summed E-state index contributed by atoms with van der Waals surface area (Å²) < 4.78 is 0. The number of nitrogens with one attached hydrogen (secondary N) is 2. The first-order chi connectivity index (χ1) is 7.24. The summed E-state index contributed by atoms with van der Waals surface area (Å²) in [5.74, 6) is 0. The molecule has 0 fully saturated rings. The summed E-state index contributed by atoms with van der Waals surface area (Å²) in [6.45, 7) is 3.90. The van der Waals surface area contributed by atoms with Gasteiger partial charge in [0.25, 0.3) is 0 Å². The molecule has 4 heteroatoms. The Morgan fingerprint density at radius 2 is 1.87 bits per heavy atom. The van der Waals surface area contributed by atoms with Crippen LogP contribution >= 0.6 is 0 Å². The van der Waals surface area contributed by atoms with Crippen molar-refractivity contribution < 1.29 is 0 Å². The van der Waals surface area contributed by atoms with Gasteiger partial charge in [-0.15, -0.1) is 0 Å². The summed E-state index contributed by atoms with van der Waals surface area (Å²) in [7, 11) is 0. The molecule has 15 heavy (non-hydrogen) atoms. The Morgan fingerprint density at radius 3 is 2.40 bits per heavy atom. The van der Waals surface area contributed by atoms with Crippen molar-refractivity contribution >= 4 is 11.4 Å². The van der Waals surface area contributed by atoms with Crippen LogP contribution in [0.1, 0.15) is 18.1 Å². The van der Waals surface area contributed by atoms with Gasteiger partial charge in [-0.1, -0.05) is 13.0 Å². The van der Waals surface area contributed by atoms with Crippen molar-refractivity contribution in [1.82, 2.24) is 0 Å². The van der Waals surface area contributed by atoms with Gasteiger partial charge >= 0.3 is 0 Å². The number of benzene rings is 1. The van der Waals surface area contributed by atoms with Gasteiger partial charge in [0.15, 0.2) is 12.4 Å². The van der Waals surface area contributed by atoms with Gasteiger partial charge in [-0.2, -0.15) is 10.5 Å². The van der Waals surface area contributed by atoms with E-state index in [0.29, 0.717) is 0 Å². The third-order valence-corrected chi connectivity index (χ3v) is 2.30. The minimum Gasteiger partial charge on any atom is -0.292 e. The summed E-state index contributed by atoms with van der Waals surface area (Å²) in [6, 6.07) is 3.76. The predicted octanol–water partition coefficient (Wildman–Crippen LogP) is 2.34. The monoisotopic (exact) mass is 200 g/mol. The molecule has 0 radical (unpaired) electrons. The van der Waals surface area contributed by atoms with Crippen molar-refractivity contribution in [3.8, 4) is 12.4 Å². The minimum atomic E-state index is 0.729. The number of nitriles is 2. The van der Waals surface area contributed by atoms with E-state index in [1.807, 2.05) is 38.4 Å². The van der Waals surface area contributed by atoms with Crippen LogP contribution in [0.4, 0.5) is 11.4 Å². The van der Waals surface area contributed by atoms with Crippen molar-refractivity contribution in [3.63, 3.8) is 0 Å². The lowest BCUT2D eigenvalue weighted by atomic mass is 10.0. The highest BCUT2D eigenvalue weighted by molar-refractivity contribution is 5.70. The molecule has 0 spiro atoms. The first-order valence-corrected chi connectivity index (χ1v) is 4.67. The summed E-state index contributed by atoms with van der Waals surface area (Å²) in [5, 5.41) is 22.4. The summed E-state index contributed by atoms with van der Waals surface area (Å²) >= 11 is 0. The van der Waals surface area contributed by atoms with Gasteiger partial charge in [-0.05, 0) is 30.5 Å².